The molecule has 2 aromatic rings. The third-order valence-electron chi connectivity index (χ3n) is 5.19. The summed E-state index contributed by atoms with van der Waals surface area (Å²) < 4.78 is 5.82. The van der Waals surface area contributed by atoms with Crippen LogP contribution in [0.5, 0.6) is 5.75 Å². The molecule has 2 atom stereocenters. The summed E-state index contributed by atoms with van der Waals surface area (Å²) in [5, 5.41) is 14.0. The smallest absolute Gasteiger partial charge is 0.257 e. The predicted molar refractivity (Wildman–Crippen MR) is 120 cm³/mol. The van der Waals surface area contributed by atoms with Crippen molar-refractivity contribution in [3.63, 3.8) is 0 Å². The first-order valence-electron chi connectivity index (χ1n) is 9.85. The molecule has 1 aliphatic rings. The number of hydrogen-bond acceptors (Lipinski definition) is 4. The molecule has 3 rings (SSSR count). The number of benzene rings is 2. The van der Waals surface area contributed by atoms with E-state index in [0.29, 0.717) is 53.0 Å². The molecule has 0 aliphatic carbocycles. The van der Waals surface area contributed by atoms with Crippen molar-refractivity contribution < 1.29 is 9.53 Å². The van der Waals surface area contributed by atoms with Crippen LogP contribution in [0.15, 0.2) is 41.5 Å². The molecule has 1 aliphatic heterocycles. The summed E-state index contributed by atoms with van der Waals surface area (Å²) in [4.78, 5) is 18.0. The van der Waals surface area contributed by atoms with Crippen molar-refractivity contribution in [2.75, 3.05) is 26.2 Å². The van der Waals surface area contributed by atoms with Gasteiger partial charge in [-0.25, -0.2) is 0 Å². The van der Waals surface area contributed by atoms with Crippen molar-refractivity contribution >= 4 is 29.1 Å². The van der Waals surface area contributed by atoms with Gasteiger partial charge in [-0.15, -0.1) is 0 Å². The fourth-order valence-corrected chi connectivity index (χ4v) is 3.97. The molecular weight excluding hydrogens is 437 g/mol. The largest absolute Gasteiger partial charge is 0.491 e. The number of nitrogens with zero attached hydrogens (tertiary/aromatic N) is 5. The van der Waals surface area contributed by atoms with Crippen LogP contribution >= 0.6 is 23.2 Å². The van der Waals surface area contributed by atoms with Crippen LogP contribution < -0.4 is 4.74 Å². The molecule has 0 fully saturated rings. The first-order chi connectivity index (χ1) is 14.9. The van der Waals surface area contributed by atoms with Gasteiger partial charge in [0.2, 0.25) is 0 Å². The van der Waals surface area contributed by atoms with Gasteiger partial charge in [0, 0.05) is 36.4 Å². The Hall–Kier alpha value is -2.91. The van der Waals surface area contributed by atoms with E-state index in [1.165, 1.54) is 0 Å². The van der Waals surface area contributed by atoms with Crippen molar-refractivity contribution in [3.05, 3.63) is 73.6 Å². The van der Waals surface area contributed by atoms with E-state index in [1.54, 1.807) is 35.2 Å². The summed E-state index contributed by atoms with van der Waals surface area (Å²) in [7, 11) is 0. The van der Waals surface area contributed by atoms with Gasteiger partial charge in [-0.3, -0.25) is 4.79 Å². The maximum Gasteiger partial charge on any atom is 0.257 e. The minimum Gasteiger partial charge on any atom is -0.491 e. The summed E-state index contributed by atoms with van der Waals surface area (Å²) in [6, 6.07) is 12.5. The Morgan fingerprint density at radius 2 is 2.16 bits per heavy atom. The highest BCUT2D eigenvalue weighted by atomic mass is 35.5. The monoisotopic (exact) mass is 457 g/mol. The number of fused-ring (bicyclic) bond motifs is 1. The fourth-order valence-electron chi connectivity index (χ4n) is 3.67. The Bertz CT molecular complexity index is 1060. The average molecular weight is 458 g/mol. The maximum atomic E-state index is 13.4. The number of para-hydroxylation sites is 1. The zero-order valence-electron chi connectivity index (χ0n) is 17.0. The minimum absolute atomic E-state index is 0.0652. The normalized spacial score (nSPS) is 16.8. The molecule has 2 aromatic carbocycles. The zero-order valence-corrected chi connectivity index (χ0v) is 18.5. The van der Waals surface area contributed by atoms with Crippen LogP contribution in [0.3, 0.4) is 0 Å². The number of hydrogen-bond donors (Lipinski definition) is 0. The third kappa shape index (κ3) is 5.42. The second-order valence-electron chi connectivity index (χ2n) is 7.53. The lowest BCUT2D eigenvalue weighted by atomic mass is 9.94. The summed E-state index contributed by atoms with van der Waals surface area (Å²) in [6.07, 6.45) is 0.543. The summed E-state index contributed by atoms with van der Waals surface area (Å²) in [6.45, 7) is 3.57. The molecule has 0 spiro atoms. The quantitative estimate of drug-likeness (QED) is 0.310. The van der Waals surface area contributed by atoms with Gasteiger partial charge < -0.3 is 9.64 Å². The van der Waals surface area contributed by atoms with E-state index in [4.69, 9.17) is 33.5 Å². The molecule has 1 amide bonds. The standard InChI is InChI=1S/C22H21Cl2N5O2/c1-14-11-29(22(30)18-4-2-3-16(10-25)21(18)31-13-14)12-17(7-8-27-28-26)15-5-6-19(23)20(24)9-15/h2-6,9,14,17H,7-8,11-13H2,1H3/t14?,17-/m1/s1. The number of rotatable bonds is 6. The Balaban J connectivity index is 1.96. The van der Waals surface area contributed by atoms with E-state index in [2.05, 4.69) is 16.1 Å². The lowest BCUT2D eigenvalue weighted by molar-refractivity contribution is 0.0669. The second-order valence-corrected chi connectivity index (χ2v) is 8.35. The number of amides is 1. The first-order valence-corrected chi connectivity index (χ1v) is 10.6. The van der Waals surface area contributed by atoms with Gasteiger partial charge in [-0.05, 0) is 41.8 Å². The highest BCUT2D eigenvalue weighted by Gasteiger charge is 2.29. The highest BCUT2D eigenvalue weighted by Crippen LogP contribution is 2.32. The van der Waals surface area contributed by atoms with Crippen LogP contribution in [0.2, 0.25) is 10.0 Å². The molecular formula is C22H21Cl2N5O2. The van der Waals surface area contributed by atoms with Gasteiger partial charge in [-0.1, -0.05) is 47.4 Å². The van der Waals surface area contributed by atoms with Crippen molar-refractivity contribution in [1.29, 1.82) is 5.26 Å². The zero-order chi connectivity index (χ0) is 22.4. The van der Waals surface area contributed by atoms with E-state index in [9.17, 15) is 10.1 Å². The Kier molecular flexibility index (Phi) is 7.64. The molecule has 160 valence electrons. The van der Waals surface area contributed by atoms with Gasteiger partial charge in [0.1, 0.15) is 11.8 Å². The number of nitriles is 1. The maximum absolute atomic E-state index is 13.4. The van der Waals surface area contributed by atoms with Crippen LogP contribution in [-0.2, 0) is 0 Å². The number of carbonyl (C=O) groups excluding carboxylic acids is 1. The second kappa shape index (κ2) is 10.4. The van der Waals surface area contributed by atoms with Crippen LogP contribution in [0, 0.1) is 17.2 Å². The summed E-state index contributed by atoms with van der Waals surface area (Å²) in [5.41, 5.74) is 10.3. The molecule has 9 heteroatoms. The summed E-state index contributed by atoms with van der Waals surface area (Å²) in [5.74, 6) is 0.0778. The van der Waals surface area contributed by atoms with Crippen molar-refractivity contribution in [3.8, 4) is 11.8 Å². The predicted octanol–water partition coefficient (Wildman–Crippen LogP) is 5.82. The average Bonchev–Trinajstić information content (AvgIpc) is 2.76. The van der Waals surface area contributed by atoms with Crippen LogP contribution in [-0.4, -0.2) is 37.0 Å². The number of ether oxygens (including phenoxy) is 1. The van der Waals surface area contributed by atoms with Gasteiger partial charge in [-0.2, -0.15) is 5.26 Å². The molecule has 1 heterocycles. The molecule has 7 nitrogen and oxygen atoms in total. The minimum atomic E-state index is -0.201. The molecule has 0 aromatic heterocycles. The summed E-state index contributed by atoms with van der Waals surface area (Å²) >= 11 is 12.3. The van der Waals surface area contributed by atoms with E-state index in [1.807, 2.05) is 13.0 Å². The van der Waals surface area contributed by atoms with Crippen molar-refractivity contribution in [2.24, 2.45) is 11.0 Å². The van der Waals surface area contributed by atoms with E-state index in [-0.39, 0.29) is 24.3 Å². The van der Waals surface area contributed by atoms with Crippen molar-refractivity contribution in [1.82, 2.24) is 4.90 Å². The molecule has 0 radical (unpaired) electrons. The van der Waals surface area contributed by atoms with Crippen LogP contribution in [0.25, 0.3) is 10.4 Å². The lowest BCUT2D eigenvalue weighted by Gasteiger charge is -2.33. The molecule has 31 heavy (non-hydrogen) atoms. The van der Waals surface area contributed by atoms with Gasteiger partial charge in [0.25, 0.3) is 5.91 Å². The van der Waals surface area contributed by atoms with Gasteiger partial charge in [0.15, 0.2) is 0 Å². The van der Waals surface area contributed by atoms with E-state index in [0.717, 1.165) is 5.56 Å². The fraction of sp³-hybridized carbons (Fsp3) is 0.364. The molecule has 1 unspecified atom stereocenters. The Morgan fingerprint density at radius 3 is 2.87 bits per heavy atom. The highest BCUT2D eigenvalue weighted by molar-refractivity contribution is 6.42. The topological polar surface area (TPSA) is 102 Å². The third-order valence-corrected chi connectivity index (χ3v) is 5.93. The van der Waals surface area contributed by atoms with Gasteiger partial charge >= 0.3 is 0 Å². The van der Waals surface area contributed by atoms with Crippen LogP contribution in [0.4, 0.5) is 0 Å². The molecule has 0 bridgehead atoms. The molecule has 0 saturated carbocycles. The van der Waals surface area contributed by atoms with E-state index < -0.39 is 0 Å². The van der Waals surface area contributed by atoms with E-state index >= 15 is 0 Å². The molecule has 0 N–H and O–H groups in total. The molecule has 0 saturated heterocycles. The Labute approximate surface area is 190 Å². The van der Waals surface area contributed by atoms with Gasteiger partial charge in [0.05, 0.1) is 27.8 Å². The van der Waals surface area contributed by atoms with Crippen molar-refractivity contribution in [2.45, 2.75) is 19.3 Å². The number of azide groups is 1. The van der Waals surface area contributed by atoms with Crippen LogP contribution in [0.1, 0.15) is 40.7 Å². The number of carbonyl (C=O) groups is 1. The first kappa shape index (κ1) is 22.8. The number of halogens is 2. The Morgan fingerprint density at radius 1 is 1.35 bits per heavy atom. The SMILES string of the molecule is CC1COc2c(C#N)cccc2C(=O)N(C[C@@H](CCN=[N+]=[N-])c2ccc(Cl)c(Cl)c2)C1. The lowest BCUT2D eigenvalue weighted by Crippen LogP contribution is -2.41.